The summed E-state index contributed by atoms with van der Waals surface area (Å²) in [6, 6.07) is 12.7. The molecule has 4 rings (SSSR count). The Hall–Kier alpha value is -2.67. The quantitative estimate of drug-likeness (QED) is 0.573. The highest BCUT2D eigenvalue weighted by Crippen LogP contribution is 2.29. The van der Waals surface area contributed by atoms with Crippen molar-refractivity contribution in [1.29, 1.82) is 0 Å². The second-order valence-corrected chi connectivity index (χ2v) is 8.91. The Morgan fingerprint density at radius 3 is 2.53 bits per heavy atom. The molecule has 2 heterocycles. The summed E-state index contributed by atoms with van der Waals surface area (Å²) in [4.78, 5) is 23.5. The second-order valence-electron chi connectivity index (χ2n) is 8.00. The Bertz CT molecular complexity index is 1050. The lowest BCUT2D eigenvalue weighted by Crippen LogP contribution is -2.40. The van der Waals surface area contributed by atoms with Crippen LogP contribution in [0.15, 0.2) is 53.3 Å². The molecule has 1 aromatic carbocycles. The van der Waals surface area contributed by atoms with Crippen molar-refractivity contribution in [3.63, 3.8) is 0 Å². The van der Waals surface area contributed by atoms with Crippen LogP contribution in [0, 0.1) is 0 Å². The standard InChI is InChI=1S/C23H26BrN5O/c1-29(2)21-12-22(28-20-6-4-3-5-19(20)21)26-17-7-9-18(10-8-17)27-23(30)15-11-16(24)14-25-13-15/h3-6,11-14,17-18H,7-10H2,1-2H3,(H,26,28)(H,27,30)/t17-,18+. The molecule has 0 bridgehead atoms. The first-order valence-corrected chi connectivity index (χ1v) is 11.0. The van der Waals surface area contributed by atoms with E-state index in [1.165, 1.54) is 0 Å². The third-order valence-corrected chi connectivity index (χ3v) is 5.99. The molecule has 0 radical (unpaired) electrons. The van der Waals surface area contributed by atoms with Gasteiger partial charge in [0.1, 0.15) is 5.82 Å². The number of hydrogen-bond donors (Lipinski definition) is 2. The van der Waals surface area contributed by atoms with Crippen molar-refractivity contribution in [3.8, 4) is 0 Å². The number of pyridine rings is 2. The van der Waals surface area contributed by atoms with Crippen molar-refractivity contribution in [2.75, 3.05) is 24.3 Å². The zero-order valence-corrected chi connectivity index (χ0v) is 18.8. The highest BCUT2D eigenvalue weighted by Gasteiger charge is 2.23. The van der Waals surface area contributed by atoms with E-state index in [4.69, 9.17) is 4.98 Å². The van der Waals surface area contributed by atoms with E-state index < -0.39 is 0 Å². The van der Waals surface area contributed by atoms with E-state index in [1.54, 1.807) is 18.5 Å². The number of anilines is 2. The number of amides is 1. The van der Waals surface area contributed by atoms with Crippen molar-refractivity contribution in [1.82, 2.24) is 15.3 Å². The van der Waals surface area contributed by atoms with Crippen LogP contribution in [0.1, 0.15) is 36.0 Å². The van der Waals surface area contributed by atoms with Gasteiger partial charge in [-0.2, -0.15) is 0 Å². The maximum absolute atomic E-state index is 12.5. The molecule has 3 aromatic rings. The summed E-state index contributed by atoms with van der Waals surface area (Å²) in [5, 5.41) is 7.91. The van der Waals surface area contributed by atoms with Crippen LogP contribution in [0.3, 0.4) is 0 Å². The highest BCUT2D eigenvalue weighted by atomic mass is 79.9. The predicted octanol–water partition coefficient (Wildman–Crippen LogP) is 4.61. The molecule has 1 aliphatic carbocycles. The highest BCUT2D eigenvalue weighted by molar-refractivity contribution is 9.10. The van der Waals surface area contributed by atoms with Crippen LogP contribution in [0.2, 0.25) is 0 Å². The minimum absolute atomic E-state index is 0.0629. The van der Waals surface area contributed by atoms with Crippen LogP contribution in [-0.2, 0) is 0 Å². The fraction of sp³-hybridized carbons (Fsp3) is 0.348. The van der Waals surface area contributed by atoms with E-state index in [1.807, 2.05) is 12.1 Å². The van der Waals surface area contributed by atoms with Crippen LogP contribution in [0.5, 0.6) is 0 Å². The fourth-order valence-electron chi connectivity index (χ4n) is 4.00. The number of benzene rings is 1. The molecule has 2 N–H and O–H groups in total. The number of nitrogens with one attached hydrogen (secondary N) is 2. The summed E-state index contributed by atoms with van der Waals surface area (Å²) < 4.78 is 0.808. The number of hydrogen-bond acceptors (Lipinski definition) is 5. The number of rotatable bonds is 5. The number of para-hydroxylation sites is 1. The minimum Gasteiger partial charge on any atom is -0.377 e. The Balaban J connectivity index is 1.37. The number of fused-ring (bicyclic) bond motifs is 1. The molecule has 1 saturated carbocycles. The normalized spacial score (nSPS) is 18.8. The summed E-state index contributed by atoms with van der Waals surface area (Å²) in [6.07, 6.45) is 7.15. The molecular formula is C23H26BrN5O. The van der Waals surface area contributed by atoms with Crippen molar-refractivity contribution in [3.05, 3.63) is 58.8 Å². The number of carbonyl (C=O) groups excluding carboxylic acids is 1. The van der Waals surface area contributed by atoms with Gasteiger partial charge in [-0.15, -0.1) is 0 Å². The van der Waals surface area contributed by atoms with Crippen LogP contribution in [0.25, 0.3) is 10.9 Å². The van der Waals surface area contributed by atoms with Gasteiger partial charge in [-0.1, -0.05) is 18.2 Å². The zero-order valence-electron chi connectivity index (χ0n) is 17.2. The molecular weight excluding hydrogens is 442 g/mol. The summed E-state index contributed by atoms with van der Waals surface area (Å²) >= 11 is 3.36. The van der Waals surface area contributed by atoms with E-state index in [2.05, 4.69) is 68.7 Å². The van der Waals surface area contributed by atoms with Gasteiger partial charge in [0.05, 0.1) is 11.1 Å². The summed E-state index contributed by atoms with van der Waals surface area (Å²) in [5.74, 6) is 0.845. The van der Waals surface area contributed by atoms with Gasteiger partial charge in [0, 0.05) is 60.2 Å². The third kappa shape index (κ3) is 4.73. The zero-order chi connectivity index (χ0) is 21.1. The third-order valence-electron chi connectivity index (χ3n) is 5.56. The van der Waals surface area contributed by atoms with Gasteiger partial charge < -0.3 is 15.5 Å². The molecule has 6 nitrogen and oxygen atoms in total. The van der Waals surface area contributed by atoms with Crippen LogP contribution in [-0.4, -0.2) is 42.1 Å². The van der Waals surface area contributed by atoms with Crippen molar-refractivity contribution >= 4 is 44.2 Å². The fourth-order valence-corrected chi connectivity index (χ4v) is 4.36. The van der Waals surface area contributed by atoms with Gasteiger partial charge in [-0.05, 0) is 53.7 Å². The van der Waals surface area contributed by atoms with E-state index in [0.717, 1.165) is 52.6 Å². The Morgan fingerprint density at radius 1 is 1.07 bits per heavy atom. The smallest absolute Gasteiger partial charge is 0.253 e. The molecule has 156 valence electrons. The molecule has 0 saturated heterocycles. The average Bonchev–Trinajstić information content (AvgIpc) is 2.74. The van der Waals surface area contributed by atoms with Crippen LogP contribution < -0.4 is 15.5 Å². The second kappa shape index (κ2) is 9.00. The first-order chi connectivity index (χ1) is 14.5. The number of aromatic nitrogens is 2. The van der Waals surface area contributed by atoms with Gasteiger partial charge >= 0.3 is 0 Å². The number of nitrogens with zero attached hydrogens (tertiary/aromatic N) is 3. The minimum atomic E-state index is -0.0629. The molecule has 30 heavy (non-hydrogen) atoms. The van der Waals surface area contributed by atoms with Crippen molar-refractivity contribution < 1.29 is 4.79 Å². The van der Waals surface area contributed by atoms with Gasteiger partial charge in [0.15, 0.2) is 0 Å². The molecule has 0 atom stereocenters. The van der Waals surface area contributed by atoms with Gasteiger partial charge in [0.2, 0.25) is 0 Å². The first kappa shape index (κ1) is 20.6. The SMILES string of the molecule is CN(C)c1cc(N[C@H]2CC[C@@H](NC(=O)c3cncc(Br)c3)CC2)nc2ccccc12. The van der Waals surface area contributed by atoms with E-state index in [-0.39, 0.29) is 11.9 Å². The summed E-state index contributed by atoms with van der Waals surface area (Å²) in [6.45, 7) is 0. The number of halogens is 1. The molecule has 1 amide bonds. The van der Waals surface area contributed by atoms with Crippen molar-refractivity contribution in [2.45, 2.75) is 37.8 Å². The molecule has 0 spiro atoms. The van der Waals surface area contributed by atoms with Gasteiger partial charge in [-0.3, -0.25) is 9.78 Å². The number of carbonyl (C=O) groups is 1. The largest absolute Gasteiger partial charge is 0.377 e. The maximum Gasteiger partial charge on any atom is 0.253 e. The average molecular weight is 468 g/mol. The predicted molar refractivity (Wildman–Crippen MR) is 125 cm³/mol. The van der Waals surface area contributed by atoms with E-state index in [0.29, 0.717) is 11.6 Å². The molecule has 2 aromatic heterocycles. The Labute approximate surface area is 185 Å². The van der Waals surface area contributed by atoms with Crippen LogP contribution in [0.4, 0.5) is 11.5 Å². The monoisotopic (exact) mass is 467 g/mol. The Kier molecular flexibility index (Phi) is 6.18. The van der Waals surface area contributed by atoms with Crippen molar-refractivity contribution in [2.24, 2.45) is 0 Å². The molecule has 7 heteroatoms. The lowest BCUT2D eigenvalue weighted by molar-refractivity contribution is 0.0926. The summed E-state index contributed by atoms with van der Waals surface area (Å²) in [5.41, 5.74) is 2.74. The molecule has 1 aliphatic rings. The lowest BCUT2D eigenvalue weighted by Gasteiger charge is -2.30. The van der Waals surface area contributed by atoms with Crippen LogP contribution >= 0.6 is 15.9 Å². The van der Waals surface area contributed by atoms with Gasteiger partial charge in [-0.25, -0.2) is 4.98 Å². The molecule has 0 unspecified atom stereocenters. The van der Waals surface area contributed by atoms with E-state index >= 15 is 0 Å². The topological polar surface area (TPSA) is 70.2 Å². The first-order valence-electron chi connectivity index (χ1n) is 10.2. The summed E-state index contributed by atoms with van der Waals surface area (Å²) in [7, 11) is 4.11. The molecule has 1 fully saturated rings. The maximum atomic E-state index is 12.5. The Morgan fingerprint density at radius 2 is 1.80 bits per heavy atom. The van der Waals surface area contributed by atoms with E-state index in [9.17, 15) is 4.79 Å². The lowest BCUT2D eigenvalue weighted by atomic mass is 9.91. The van der Waals surface area contributed by atoms with Gasteiger partial charge in [0.25, 0.3) is 5.91 Å². The molecule has 0 aliphatic heterocycles.